The predicted octanol–water partition coefficient (Wildman–Crippen LogP) is 3.75. The summed E-state index contributed by atoms with van der Waals surface area (Å²) in [6.07, 6.45) is 0. The minimum absolute atomic E-state index is 0.0290. The summed E-state index contributed by atoms with van der Waals surface area (Å²) in [6, 6.07) is 12.8. The van der Waals surface area contributed by atoms with Gasteiger partial charge in [0.05, 0.1) is 9.90 Å². The van der Waals surface area contributed by atoms with E-state index in [4.69, 9.17) is 16.7 Å². The second-order valence-corrected chi connectivity index (χ2v) is 8.77. The van der Waals surface area contributed by atoms with Crippen molar-refractivity contribution >= 4 is 55.2 Å². The Bertz CT molecular complexity index is 1110. The fourth-order valence-corrected chi connectivity index (χ4v) is 3.89. The highest BCUT2D eigenvalue weighted by atomic mass is 35.5. The monoisotopic (exact) mass is 422 g/mol. The number of primary sulfonamides is 1. The SMILES string of the molecule is Cc1nc(C(=O)Nc2cccc(Cl)c2)c(Nc2cccc(S(N)(=O)=O)c2)s1. The third-order valence-corrected chi connectivity index (χ3v) is 5.48. The summed E-state index contributed by atoms with van der Waals surface area (Å²) in [6.45, 7) is 1.77. The molecule has 0 aliphatic heterocycles. The number of carbonyl (C=O) groups excluding carboxylic acids is 1. The first-order chi connectivity index (χ1) is 12.7. The van der Waals surface area contributed by atoms with Crippen molar-refractivity contribution in [1.29, 1.82) is 0 Å². The van der Waals surface area contributed by atoms with Crippen molar-refractivity contribution < 1.29 is 13.2 Å². The molecule has 0 atom stereocenters. The lowest BCUT2D eigenvalue weighted by molar-refractivity contribution is 0.102. The average molecular weight is 423 g/mol. The highest BCUT2D eigenvalue weighted by Gasteiger charge is 2.18. The molecule has 10 heteroatoms. The zero-order chi connectivity index (χ0) is 19.6. The minimum atomic E-state index is -3.83. The van der Waals surface area contributed by atoms with Gasteiger partial charge in [0.15, 0.2) is 5.69 Å². The van der Waals surface area contributed by atoms with E-state index in [0.29, 0.717) is 26.4 Å². The van der Waals surface area contributed by atoms with Crippen molar-refractivity contribution in [3.05, 3.63) is 64.3 Å². The summed E-state index contributed by atoms with van der Waals surface area (Å²) < 4.78 is 23.0. The number of benzene rings is 2. The Kier molecular flexibility index (Phi) is 5.47. The number of halogens is 1. The maximum Gasteiger partial charge on any atom is 0.277 e. The van der Waals surface area contributed by atoms with Gasteiger partial charge >= 0.3 is 0 Å². The molecule has 0 spiro atoms. The molecular formula is C17H15ClN4O3S2. The summed E-state index contributed by atoms with van der Waals surface area (Å²) in [5.41, 5.74) is 1.21. The molecular weight excluding hydrogens is 408 g/mol. The van der Waals surface area contributed by atoms with Crippen LogP contribution in [0.15, 0.2) is 53.4 Å². The van der Waals surface area contributed by atoms with E-state index >= 15 is 0 Å². The molecule has 1 heterocycles. The van der Waals surface area contributed by atoms with Crippen LogP contribution in [0.25, 0.3) is 0 Å². The number of nitrogens with two attached hydrogens (primary N) is 1. The van der Waals surface area contributed by atoms with E-state index in [1.165, 1.54) is 23.5 Å². The van der Waals surface area contributed by atoms with Crippen LogP contribution in [0.4, 0.5) is 16.4 Å². The normalized spacial score (nSPS) is 11.2. The van der Waals surface area contributed by atoms with Crippen molar-refractivity contribution in [3.63, 3.8) is 0 Å². The lowest BCUT2D eigenvalue weighted by Gasteiger charge is -2.08. The van der Waals surface area contributed by atoms with E-state index in [1.54, 1.807) is 43.3 Å². The number of carbonyl (C=O) groups is 1. The second kappa shape index (κ2) is 7.65. The zero-order valence-corrected chi connectivity index (χ0v) is 16.5. The molecule has 27 heavy (non-hydrogen) atoms. The van der Waals surface area contributed by atoms with Crippen molar-refractivity contribution in [1.82, 2.24) is 4.98 Å². The van der Waals surface area contributed by atoms with Crippen LogP contribution in [0, 0.1) is 6.92 Å². The topological polar surface area (TPSA) is 114 Å². The molecule has 0 aliphatic rings. The van der Waals surface area contributed by atoms with Gasteiger partial charge in [-0.25, -0.2) is 18.5 Å². The Morgan fingerprint density at radius 1 is 1.15 bits per heavy atom. The maximum absolute atomic E-state index is 12.6. The third kappa shape index (κ3) is 4.83. The van der Waals surface area contributed by atoms with Crippen molar-refractivity contribution in [2.24, 2.45) is 5.14 Å². The first-order valence-electron chi connectivity index (χ1n) is 7.66. The molecule has 1 aromatic heterocycles. The molecule has 1 amide bonds. The Labute approximate surface area is 165 Å². The first kappa shape index (κ1) is 19.3. The van der Waals surface area contributed by atoms with Gasteiger partial charge in [-0.05, 0) is 43.3 Å². The van der Waals surface area contributed by atoms with E-state index in [-0.39, 0.29) is 10.6 Å². The lowest BCUT2D eigenvalue weighted by atomic mass is 10.3. The van der Waals surface area contributed by atoms with E-state index in [9.17, 15) is 13.2 Å². The largest absolute Gasteiger partial charge is 0.345 e. The quantitative estimate of drug-likeness (QED) is 0.579. The molecule has 0 saturated heterocycles. The number of anilines is 3. The van der Waals surface area contributed by atoms with Crippen LogP contribution in [0.3, 0.4) is 0 Å². The minimum Gasteiger partial charge on any atom is -0.345 e. The smallest absolute Gasteiger partial charge is 0.277 e. The predicted molar refractivity (Wildman–Crippen MR) is 107 cm³/mol. The van der Waals surface area contributed by atoms with Gasteiger partial charge in [-0.3, -0.25) is 4.79 Å². The Balaban J connectivity index is 1.87. The Hall–Kier alpha value is -2.46. The Morgan fingerprint density at radius 3 is 2.56 bits per heavy atom. The number of nitrogens with zero attached hydrogens (tertiary/aromatic N) is 1. The van der Waals surface area contributed by atoms with Crippen LogP contribution in [-0.4, -0.2) is 19.3 Å². The molecule has 0 fully saturated rings. The van der Waals surface area contributed by atoms with Gasteiger partial charge in [-0.2, -0.15) is 0 Å². The van der Waals surface area contributed by atoms with E-state index in [1.807, 2.05) is 0 Å². The number of amides is 1. The van der Waals surface area contributed by atoms with Gasteiger partial charge in [0.1, 0.15) is 5.00 Å². The molecule has 7 nitrogen and oxygen atoms in total. The molecule has 0 saturated carbocycles. The van der Waals surface area contributed by atoms with Crippen LogP contribution < -0.4 is 15.8 Å². The number of rotatable bonds is 5. The number of aryl methyl sites for hydroxylation is 1. The number of aromatic nitrogens is 1. The number of hydrogen-bond donors (Lipinski definition) is 3. The van der Waals surface area contributed by atoms with Crippen molar-refractivity contribution in [2.75, 3.05) is 10.6 Å². The molecule has 3 rings (SSSR count). The number of nitrogens with one attached hydrogen (secondary N) is 2. The van der Waals surface area contributed by atoms with Gasteiger partial charge in [-0.1, -0.05) is 23.7 Å². The van der Waals surface area contributed by atoms with Crippen LogP contribution >= 0.6 is 22.9 Å². The first-order valence-corrected chi connectivity index (χ1v) is 10.4. The summed E-state index contributed by atoms with van der Waals surface area (Å²) in [4.78, 5) is 16.8. The molecule has 3 aromatic rings. The lowest BCUT2D eigenvalue weighted by Crippen LogP contribution is -2.14. The van der Waals surface area contributed by atoms with Gasteiger partial charge in [-0.15, -0.1) is 11.3 Å². The fraction of sp³-hybridized carbons (Fsp3) is 0.0588. The van der Waals surface area contributed by atoms with Crippen molar-refractivity contribution in [3.8, 4) is 0 Å². The third-order valence-electron chi connectivity index (χ3n) is 3.45. The number of sulfonamides is 1. The number of thiazole rings is 1. The molecule has 140 valence electrons. The van der Waals surface area contributed by atoms with Crippen LogP contribution in [-0.2, 0) is 10.0 Å². The zero-order valence-electron chi connectivity index (χ0n) is 14.1. The highest BCUT2D eigenvalue weighted by Crippen LogP contribution is 2.29. The second-order valence-electron chi connectivity index (χ2n) is 5.57. The molecule has 0 radical (unpaired) electrons. The van der Waals surface area contributed by atoms with E-state index in [2.05, 4.69) is 15.6 Å². The highest BCUT2D eigenvalue weighted by molar-refractivity contribution is 7.89. The van der Waals surface area contributed by atoms with Crippen molar-refractivity contribution in [2.45, 2.75) is 11.8 Å². The summed E-state index contributed by atoms with van der Waals surface area (Å²) in [7, 11) is -3.83. The summed E-state index contributed by atoms with van der Waals surface area (Å²) in [5.74, 6) is -0.410. The van der Waals surface area contributed by atoms with Gasteiger partial charge < -0.3 is 10.6 Å². The standard InChI is InChI=1S/C17H15ClN4O3S2/c1-10-20-15(16(23)21-12-5-2-4-11(18)8-12)17(26-10)22-13-6-3-7-14(9-13)27(19,24)25/h2-9,22H,1H3,(H,21,23)(H2,19,24,25). The van der Waals surface area contributed by atoms with E-state index in [0.717, 1.165) is 0 Å². The average Bonchev–Trinajstić information content (AvgIpc) is 2.95. The van der Waals surface area contributed by atoms with Crippen LogP contribution in [0.1, 0.15) is 15.5 Å². The number of hydrogen-bond acceptors (Lipinski definition) is 6. The summed E-state index contributed by atoms with van der Waals surface area (Å²) >= 11 is 7.21. The molecule has 0 bridgehead atoms. The summed E-state index contributed by atoms with van der Waals surface area (Å²) in [5, 5.41) is 12.6. The molecule has 4 N–H and O–H groups in total. The van der Waals surface area contributed by atoms with E-state index < -0.39 is 15.9 Å². The molecule has 0 unspecified atom stereocenters. The molecule has 2 aromatic carbocycles. The van der Waals surface area contributed by atoms with Gasteiger partial charge in [0.25, 0.3) is 5.91 Å². The Morgan fingerprint density at radius 2 is 1.85 bits per heavy atom. The maximum atomic E-state index is 12.6. The van der Waals surface area contributed by atoms with Crippen LogP contribution in [0.2, 0.25) is 5.02 Å². The van der Waals surface area contributed by atoms with Gasteiger partial charge in [0, 0.05) is 16.4 Å². The van der Waals surface area contributed by atoms with Gasteiger partial charge in [0.2, 0.25) is 10.0 Å². The van der Waals surface area contributed by atoms with Crippen LogP contribution in [0.5, 0.6) is 0 Å². The molecule has 0 aliphatic carbocycles. The fourth-order valence-electron chi connectivity index (χ4n) is 2.30.